The molecule has 3 fully saturated rings. The van der Waals surface area contributed by atoms with Crippen molar-refractivity contribution in [3.8, 4) is 17.0 Å². The Morgan fingerprint density at radius 2 is 1.74 bits per heavy atom. The summed E-state index contributed by atoms with van der Waals surface area (Å²) < 4.78 is 5.56. The summed E-state index contributed by atoms with van der Waals surface area (Å²) in [5.74, 6) is 1.49. The standard InChI is InChI=1S/C29H39N3O2/c1-29(16-19-31(20-17-29)23-10-3-4-11-23)28(33)32-18-8-9-22(21-32)25-13-7-14-26(30-25)24-12-5-6-15-27(24)34-2/h5-7,12-15,22-23H,3-4,8-11,16-21H2,1-2H3/t22-/m0/s1. The Morgan fingerprint density at radius 3 is 2.50 bits per heavy atom. The van der Waals surface area contributed by atoms with E-state index in [9.17, 15) is 4.79 Å². The maximum atomic E-state index is 13.7. The number of hydrogen-bond donors (Lipinski definition) is 0. The van der Waals surface area contributed by atoms with Gasteiger partial charge in [-0.1, -0.05) is 38.0 Å². The van der Waals surface area contributed by atoms with Crippen molar-refractivity contribution in [1.82, 2.24) is 14.8 Å². The van der Waals surface area contributed by atoms with E-state index in [1.54, 1.807) is 7.11 Å². The van der Waals surface area contributed by atoms with Gasteiger partial charge in [0.25, 0.3) is 0 Å². The lowest BCUT2D eigenvalue weighted by Crippen LogP contribution is -2.52. The predicted octanol–water partition coefficient (Wildman–Crippen LogP) is 5.51. The van der Waals surface area contributed by atoms with Crippen molar-refractivity contribution in [2.45, 2.75) is 70.3 Å². The van der Waals surface area contributed by atoms with Crippen LogP contribution in [-0.4, -0.2) is 60.0 Å². The van der Waals surface area contributed by atoms with Crippen LogP contribution in [0.25, 0.3) is 11.3 Å². The van der Waals surface area contributed by atoms with Crippen LogP contribution in [0, 0.1) is 5.41 Å². The summed E-state index contributed by atoms with van der Waals surface area (Å²) in [6.45, 7) is 6.03. The van der Waals surface area contributed by atoms with Crippen LogP contribution in [0.2, 0.25) is 0 Å². The number of piperidine rings is 2. The molecule has 1 aromatic heterocycles. The molecule has 2 aromatic rings. The highest BCUT2D eigenvalue weighted by Gasteiger charge is 2.42. The highest BCUT2D eigenvalue weighted by molar-refractivity contribution is 5.82. The van der Waals surface area contributed by atoms with E-state index in [-0.39, 0.29) is 11.3 Å². The molecule has 0 N–H and O–H groups in total. The lowest BCUT2D eigenvalue weighted by molar-refractivity contribution is -0.145. The van der Waals surface area contributed by atoms with E-state index in [1.165, 1.54) is 25.7 Å². The van der Waals surface area contributed by atoms with Crippen LogP contribution < -0.4 is 4.74 Å². The van der Waals surface area contributed by atoms with Crippen LogP contribution in [-0.2, 0) is 4.79 Å². The third-order valence-corrected chi connectivity index (χ3v) is 8.54. The van der Waals surface area contributed by atoms with Crippen molar-refractivity contribution in [1.29, 1.82) is 0 Å². The molecule has 182 valence electrons. The molecule has 1 aliphatic carbocycles. The highest BCUT2D eigenvalue weighted by atomic mass is 16.5. The molecule has 5 heteroatoms. The number of nitrogens with zero attached hydrogens (tertiary/aromatic N) is 3. The van der Waals surface area contributed by atoms with Gasteiger partial charge in [0.15, 0.2) is 0 Å². The molecule has 3 aliphatic rings. The molecule has 3 heterocycles. The van der Waals surface area contributed by atoms with Gasteiger partial charge in [-0.2, -0.15) is 0 Å². The molecular weight excluding hydrogens is 422 g/mol. The minimum atomic E-state index is -0.219. The molecule has 5 rings (SSSR count). The van der Waals surface area contributed by atoms with Crippen molar-refractivity contribution in [2.24, 2.45) is 5.41 Å². The largest absolute Gasteiger partial charge is 0.496 e. The Kier molecular flexibility index (Phi) is 6.91. The summed E-state index contributed by atoms with van der Waals surface area (Å²) in [6, 6.07) is 15.1. The molecule has 0 radical (unpaired) electrons. The molecule has 1 aromatic carbocycles. The zero-order chi connectivity index (χ0) is 23.5. The van der Waals surface area contributed by atoms with Gasteiger partial charge >= 0.3 is 0 Å². The van der Waals surface area contributed by atoms with Gasteiger partial charge in [0.1, 0.15) is 5.75 Å². The summed E-state index contributed by atoms with van der Waals surface area (Å²) in [6.07, 6.45) is 9.55. The van der Waals surface area contributed by atoms with Crippen molar-refractivity contribution >= 4 is 5.91 Å². The fraction of sp³-hybridized carbons (Fsp3) is 0.586. The zero-order valence-electron chi connectivity index (χ0n) is 20.8. The average molecular weight is 462 g/mol. The van der Waals surface area contributed by atoms with E-state index in [4.69, 9.17) is 9.72 Å². The Balaban J connectivity index is 1.26. The molecule has 2 saturated heterocycles. The molecule has 5 nitrogen and oxygen atoms in total. The van der Waals surface area contributed by atoms with Gasteiger partial charge in [0.05, 0.1) is 12.8 Å². The monoisotopic (exact) mass is 461 g/mol. The normalized spacial score (nSPS) is 23.7. The minimum absolute atomic E-state index is 0.219. The molecule has 1 saturated carbocycles. The van der Waals surface area contributed by atoms with E-state index in [2.05, 4.69) is 34.9 Å². The maximum absolute atomic E-state index is 13.7. The minimum Gasteiger partial charge on any atom is -0.496 e. The van der Waals surface area contributed by atoms with Gasteiger partial charge in [-0.3, -0.25) is 9.78 Å². The van der Waals surface area contributed by atoms with Gasteiger partial charge in [0, 0.05) is 41.7 Å². The first-order chi connectivity index (χ1) is 16.6. The number of aromatic nitrogens is 1. The molecule has 0 spiro atoms. The number of benzene rings is 1. The molecule has 34 heavy (non-hydrogen) atoms. The molecule has 1 atom stereocenters. The Morgan fingerprint density at radius 1 is 0.971 bits per heavy atom. The van der Waals surface area contributed by atoms with Crippen LogP contribution in [0.15, 0.2) is 42.5 Å². The number of para-hydroxylation sites is 1. The second-order valence-electron chi connectivity index (χ2n) is 10.8. The van der Waals surface area contributed by atoms with Crippen molar-refractivity contribution in [2.75, 3.05) is 33.3 Å². The third-order valence-electron chi connectivity index (χ3n) is 8.54. The van der Waals surface area contributed by atoms with Crippen LogP contribution in [0.4, 0.5) is 0 Å². The van der Waals surface area contributed by atoms with E-state index in [0.29, 0.717) is 5.91 Å². The topological polar surface area (TPSA) is 45.7 Å². The molecule has 2 aliphatic heterocycles. The number of hydrogen-bond acceptors (Lipinski definition) is 4. The summed E-state index contributed by atoms with van der Waals surface area (Å²) in [5, 5.41) is 0. The van der Waals surface area contributed by atoms with E-state index >= 15 is 0 Å². The van der Waals surface area contributed by atoms with E-state index in [0.717, 1.165) is 80.6 Å². The fourth-order valence-corrected chi connectivity index (χ4v) is 6.34. The Labute approximate surface area is 204 Å². The first-order valence-electron chi connectivity index (χ1n) is 13.2. The fourth-order valence-electron chi connectivity index (χ4n) is 6.34. The number of rotatable bonds is 5. The zero-order valence-corrected chi connectivity index (χ0v) is 20.8. The summed E-state index contributed by atoms with van der Waals surface area (Å²) in [4.78, 5) is 23.6. The number of likely N-dealkylation sites (tertiary alicyclic amines) is 2. The molecular formula is C29H39N3O2. The smallest absolute Gasteiger partial charge is 0.228 e. The first kappa shape index (κ1) is 23.3. The molecule has 0 unspecified atom stereocenters. The number of methoxy groups -OCH3 is 1. The quantitative estimate of drug-likeness (QED) is 0.589. The number of carbonyl (C=O) groups excluding carboxylic acids is 1. The van der Waals surface area contributed by atoms with Crippen LogP contribution in [0.1, 0.15) is 69.9 Å². The van der Waals surface area contributed by atoms with Gasteiger partial charge in [-0.15, -0.1) is 0 Å². The van der Waals surface area contributed by atoms with Crippen molar-refractivity contribution in [3.05, 3.63) is 48.2 Å². The third kappa shape index (κ3) is 4.72. The van der Waals surface area contributed by atoms with Crippen LogP contribution >= 0.6 is 0 Å². The van der Waals surface area contributed by atoms with Gasteiger partial charge < -0.3 is 14.5 Å². The van der Waals surface area contributed by atoms with E-state index < -0.39 is 0 Å². The van der Waals surface area contributed by atoms with Gasteiger partial charge in [0.2, 0.25) is 5.91 Å². The summed E-state index contributed by atoms with van der Waals surface area (Å²) in [5.41, 5.74) is 2.81. The molecule has 0 bridgehead atoms. The van der Waals surface area contributed by atoms with Gasteiger partial charge in [-0.25, -0.2) is 0 Å². The summed E-state index contributed by atoms with van der Waals surface area (Å²) in [7, 11) is 1.70. The van der Waals surface area contributed by atoms with Crippen LogP contribution in [0.5, 0.6) is 5.75 Å². The number of ether oxygens (including phenoxy) is 1. The van der Waals surface area contributed by atoms with Gasteiger partial charge in [-0.05, 0) is 75.9 Å². The molecule has 1 amide bonds. The summed E-state index contributed by atoms with van der Waals surface area (Å²) >= 11 is 0. The lowest BCUT2D eigenvalue weighted by atomic mass is 9.78. The predicted molar refractivity (Wildman–Crippen MR) is 136 cm³/mol. The SMILES string of the molecule is COc1ccccc1-c1cccc([C@H]2CCCN(C(=O)C3(C)CCN(C4CCCC4)CC3)C2)n1. The maximum Gasteiger partial charge on any atom is 0.228 e. The highest BCUT2D eigenvalue weighted by Crippen LogP contribution is 2.38. The Hall–Kier alpha value is -2.40. The second kappa shape index (κ2) is 10.1. The Bertz CT molecular complexity index is 992. The first-order valence-corrected chi connectivity index (χ1v) is 13.2. The van der Waals surface area contributed by atoms with Crippen molar-refractivity contribution in [3.63, 3.8) is 0 Å². The second-order valence-corrected chi connectivity index (χ2v) is 10.8. The van der Waals surface area contributed by atoms with Crippen molar-refractivity contribution < 1.29 is 9.53 Å². The van der Waals surface area contributed by atoms with Crippen LogP contribution in [0.3, 0.4) is 0 Å². The number of amides is 1. The lowest BCUT2D eigenvalue weighted by Gasteiger charge is -2.44. The number of pyridine rings is 1. The number of carbonyl (C=O) groups is 1. The average Bonchev–Trinajstić information content (AvgIpc) is 3.44. The van der Waals surface area contributed by atoms with E-state index in [1.807, 2.05) is 24.3 Å².